The number of halogens is 2. The summed E-state index contributed by atoms with van der Waals surface area (Å²) in [7, 11) is 1.52. The van der Waals surface area contributed by atoms with Crippen LogP contribution < -0.4 is 9.64 Å². The van der Waals surface area contributed by atoms with Crippen molar-refractivity contribution in [2.45, 2.75) is 6.61 Å². The molecule has 0 unspecified atom stereocenters. The first-order valence-electron chi connectivity index (χ1n) is 8.04. The van der Waals surface area contributed by atoms with Crippen LogP contribution in [0, 0.1) is 11.6 Å². The smallest absolute Gasteiger partial charge is 0.258 e. The van der Waals surface area contributed by atoms with E-state index >= 15 is 0 Å². The second-order valence-electron chi connectivity index (χ2n) is 5.76. The van der Waals surface area contributed by atoms with E-state index in [1.54, 1.807) is 24.3 Å². The van der Waals surface area contributed by atoms with Gasteiger partial charge in [0, 0.05) is 24.4 Å². The van der Waals surface area contributed by atoms with Crippen molar-refractivity contribution in [3.05, 3.63) is 95.6 Å². The lowest BCUT2D eigenvalue weighted by Gasteiger charge is -2.18. The van der Waals surface area contributed by atoms with Crippen LogP contribution in [0.5, 0.6) is 5.75 Å². The second kappa shape index (κ2) is 7.78. The van der Waals surface area contributed by atoms with Gasteiger partial charge in [-0.3, -0.25) is 4.79 Å². The first-order valence-corrected chi connectivity index (χ1v) is 8.04. The minimum absolute atomic E-state index is 0.283. The van der Waals surface area contributed by atoms with Crippen LogP contribution in [0.2, 0.25) is 0 Å². The van der Waals surface area contributed by atoms with Crippen molar-refractivity contribution in [2.75, 3.05) is 11.9 Å². The highest BCUT2D eigenvalue weighted by Crippen LogP contribution is 2.19. The van der Waals surface area contributed by atoms with Gasteiger partial charge < -0.3 is 9.64 Å². The highest BCUT2D eigenvalue weighted by molar-refractivity contribution is 6.05. The summed E-state index contributed by atoms with van der Waals surface area (Å²) in [6, 6.07) is 19.8. The molecule has 0 aliphatic rings. The quantitative estimate of drug-likeness (QED) is 0.658. The van der Waals surface area contributed by atoms with Crippen molar-refractivity contribution in [3.63, 3.8) is 0 Å². The van der Waals surface area contributed by atoms with Crippen LogP contribution in [0.15, 0.2) is 72.8 Å². The summed E-state index contributed by atoms with van der Waals surface area (Å²) in [5, 5.41) is 0. The predicted octanol–water partition coefficient (Wildman–Crippen LogP) is 4.82. The molecule has 0 aromatic heterocycles. The summed E-state index contributed by atoms with van der Waals surface area (Å²) in [6.07, 6.45) is 0. The fourth-order valence-corrected chi connectivity index (χ4v) is 2.43. The average Bonchev–Trinajstić information content (AvgIpc) is 2.68. The largest absolute Gasteiger partial charge is 0.489 e. The van der Waals surface area contributed by atoms with E-state index in [4.69, 9.17) is 4.74 Å². The van der Waals surface area contributed by atoms with Gasteiger partial charge in [0.25, 0.3) is 5.91 Å². The summed E-state index contributed by atoms with van der Waals surface area (Å²) >= 11 is 0. The zero-order valence-corrected chi connectivity index (χ0v) is 14.2. The number of hydrogen-bond donors (Lipinski definition) is 0. The topological polar surface area (TPSA) is 29.5 Å². The maximum atomic E-state index is 13.4. The molecule has 0 radical (unpaired) electrons. The van der Waals surface area contributed by atoms with Gasteiger partial charge in [0.05, 0.1) is 0 Å². The van der Waals surface area contributed by atoms with E-state index in [0.717, 1.165) is 23.4 Å². The Hall–Kier alpha value is -3.21. The van der Waals surface area contributed by atoms with Crippen molar-refractivity contribution in [3.8, 4) is 5.75 Å². The maximum absolute atomic E-state index is 13.4. The van der Waals surface area contributed by atoms with Crippen molar-refractivity contribution in [1.29, 1.82) is 0 Å². The van der Waals surface area contributed by atoms with Gasteiger partial charge in [0.2, 0.25) is 0 Å². The van der Waals surface area contributed by atoms with Gasteiger partial charge in [-0.05, 0) is 42.0 Å². The van der Waals surface area contributed by atoms with Gasteiger partial charge in [-0.15, -0.1) is 0 Å². The summed E-state index contributed by atoms with van der Waals surface area (Å²) < 4.78 is 32.1. The molecule has 0 bridgehead atoms. The summed E-state index contributed by atoms with van der Waals surface area (Å²) in [4.78, 5) is 13.8. The molecule has 0 heterocycles. The molecule has 3 aromatic carbocycles. The van der Waals surface area contributed by atoms with E-state index < -0.39 is 11.6 Å². The van der Waals surface area contributed by atoms with Crippen LogP contribution >= 0.6 is 0 Å². The molecule has 1 amide bonds. The average molecular weight is 353 g/mol. The number of amides is 1. The summed E-state index contributed by atoms with van der Waals surface area (Å²) in [5.41, 5.74) is 1.65. The third-order valence-electron chi connectivity index (χ3n) is 3.94. The van der Waals surface area contributed by atoms with E-state index in [9.17, 15) is 13.6 Å². The Morgan fingerprint density at radius 3 is 2.27 bits per heavy atom. The number of rotatable bonds is 5. The van der Waals surface area contributed by atoms with E-state index in [2.05, 4.69) is 0 Å². The molecule has 132 valence electrons. The zero-order valence-electron chi connectivity index (χ0n) is 14.2. The minimum atomic E-state index is -0.990. The molecule has 26 heavy (non-hydrogen) atoms. The molecule has 0 spiro atoms. The molecule has 0 fully saturated rings. The third kappa shape index (κ3) is 4.06. The van der Waals surface area contributed by atoms with Gasteiger partial charge >= 0.3 is 0 Å². The van der Waals surface area contributed by atoms with Crippen molar-refractivity contribution in [2.24, 2.45) is 0 Å². The molecule has 3 nitrogen and oxygen atoms in total. The number of carbonyl (C=O) groups is 1. The van der Waals surface area contributed by atoms with Crippen LogP contribution in [-0.4, -0.2) is 13.0 Å². The maximum Gasteiger partial charge on any atom is 0.258 e. The summed E-state index contributed by atoms with van der Waals surface area (Å²) in [5.74, 6) is -1.48. The first-order chi connectivity index (χ1) is 12.5. The molecule has 0 aliphatic heterocycles. The van der Waals surface area contributed by atoms with Crippen LogP contribution in [-0.2, 0) is 6.61 Å². The minimum Gasteiger partial charge on any atom is -0.489 e. The standard InChI is InChI=1S/C21H17F2NO2/c1-24(17-11-12-19(22)20(23)13-17)21(25)16-9-7-15(8-10-16)14-26-18-5-3-2-4-6-18/h2-13H,14H2,1H3. The molecule has 0 N–H and O–H groups in total. The number of ether oxygens (including phenoxy) is 1. The fourth-order valence-electron chi connectivity index (χ4n) is 2.43. The Morgan fingerprint density at radius 2 is 1.62 bits per heavy atom. The van der Waals surface area contributed by atoms with E-state index in [1.807, 2.05) is 30.3 Å². The second-order valence-corrected chi connectivity index (χ2v) is 5.76. The highest BCUT2D eigenvalue weighted by Gasteiger charge is 2.15. The molecule has 0 aliphatic carbocycles. The lowest BCUT2D eigenvalue weighted by atomic mass is 10.1. The van der Waals surface area contributed by atoms with Gasteiger partial charge in [-0.2, -0.15) is 0 Å². The number of carbonyl (C=O) groups excluding carboxylic acids is 1. The highest BCUT2D eigenvalue weighted by atomic mass is 19.2. The Bertz CT molecular complexity index is 896. The number of hydrogen-bond acceptors (Lipinski definition) is 2. The van der Waals surface area contributed by atoms with Crippen LogP contribution in [0.3, 0.4) is 0 Å². The van der Waals surface area contributed by atoms with Gasteiger partial charge in [-0.1, -0.05) is 30.3 Å². The monoisotopic (exact) mass is 353 g/mol. The number of anilines is 1. The van der Waals surface area contributed by atoms with Crippen LogP contribution in [0.1, 0.15) is 15.9 Å². The van der Waals surface area contributed by atoms with Gasteiger partial charge in [-0.25, -0.2) is 8.78 Å². The first kappa shape index (κ1) is 17.6. The number of benzene rings is 3. The molecular weight excluding hydrogens is 336 g/mol. The number of para-hydroxylation sites is 1. The molecule has 3 aromatic rings. The van der Waals surface area contributed by atoms with Crippen molar-refractivity contribution < 1.29 is 18.3 Å². The Kier molecular flexibility index (Phi) is 5.27. The Labute approximate surface area is 150 Å². The fraction of sp³-hybridized carbons (Fsp3) is 0.0952. The Balaban J connectivity index is 1.67. The van der Waals surface area contributed by atoms with Gasteiger partial charge in [0.1, 0.15) is 12.4 Å². The molecule has 5 heteroatoms. The van der Waals surface area contributed by atoms with E-state index in [-0.39, 0.29) is 11.6 Å². The predicted molar refractivity (Wildman–Crippen MR) is 96.3 cm³/mol. The molecule has 0 atom stereocenters. The van der Waals surface area contributed by atoms with E-state index in [0.29, 0.717) is 12.2 Å². The van der Waals surface area contributed by atoms with Crippen LogP contribution in [0.4, 0.5) is 14.5 Å². The van der Waals surface area contributed by atoms with E-state index in [1.165, 1.54) is 18.0 Å². The zero-order chi connectivity index (χ0) is 18.5. The molecule has 0 saturated carbocycles. The molecular formula is C21H17F2NO2. The lowest BCUT2D eigenvalue weighted by Crippen LogP contribution is -2.26. The number of nitrogens with zero attached hydrogens (tertiary/aromatic N) is 1. The molecule has 0 saturated heterocycles. The van der Waals surface area contributed by atoms with Crippen LogP contribution in [0.25, 0.3) is 0 Å². The SMILES string of the molecule is CN(C(=O)c1ccc(COc2ccccc2)cc1)c1ccc(F)c(F)c1. The van der Waals surface area contributed by atoms with Gasteiger partial charge in [0.15, 0.2) is 11.6 Å². The summed E-state index contributed by atoms with van der Waals surface area (Å²) in [6.45, 7) is 0.386. The normalized spacial score (nSPS) is 10.4. The Morgan fingerprint density at radius 1 is 0.923 bits per heavy atom. The molecule has 3 rings (SSSR count). The third-order valence-corrected chi connectivity index (χ3v) is 3.94. The van der Waals surface area contributed by atoms with Crippen molar-refractivity contribution >= 4 is 11.6 Å². The van der Waals surface area contributed by atoms with Crippen molar-refractivity contribution in [1.82, 2.24) is 0 Å². The lowest BCUT2D eigenvalue weighted by molar-refractivity contribution is 0.0993.